The normalized spacial score (nSPS) is 22.1. The van der Waals surface area contributed by atoms with Crippen molar-refractivity contribution < 1.29 is 4.79 Å². The van der Waals surface area contributed by atoms with Gasteiger partial charge in [-0.2, -0.15) is 0 Å². The lowest BCUT2D eigenvalue weighted by atomic mass is 9.89. The van der Waals surface area contributed by atoms with E-state index in [4.69, 9.17) is 0 Å². The fraction of sp³-hybridized carbons (Fsp3) is 0.650. The van der Waals surface area contributed by atoms with Gasteiger partial charge in [-0.05, 0) is 50.5 Å². The van der Waals surface area contributed by atoms with Gasteiger partial charge in [-0.15, -0.1) is 11.3 Å². The van der Waals surface area contributed by atoms with E-state index in [9.17, 15) is 4.79 Å². The average molecular weight is 390 g/mol. The van der Waals surface area contributed by atoms with Crippen molar-refractivity contribution in [2.45, 2.75) is 69.1 Å². The van der Waals surface area contributed by atoms with Crippen LogP contribution >= 0.6 is 23.1 Å². The molecule has 26 heavy (non-hydrogen) atoms. The molecule has 2 aliphatic rings. The van der Waals surface area contributed by atoms with Crippen LogP contribution in [0.1, 0.15) is 56.4 Å². The number of thiophene rings is 1. The Morgan fingerprint density at radius 1 is 1.27 bits per heavy atom. The smallest absolute Gasteiger partial charge is 0.235 e. The van der Waals surface area contributed by atoms with Crippen LogP contribution in [-0.4, -0.2) is 39.1 Å². The van der Waals surface area contributed by atoms with Crippen LogP contribution in [-0.2, 0) is 17.6 Å². The molecule has 0 radical (unpaired) electrons. The van der Waals surface area contributed by atoms with Crippen molar-refractivity contribution in [1.82, 2.24) is 14.9 Å². The van der Waals surface area contributed by atoms with Crippen molar-refractivity contribution in [2.75, 3.05) is 13.1 Å². The molecule has 140 valence electrons. The molecule has 1 amide bonds. The Morgan fingerprint density at radius 2 is 2.04 bits per heavy atom. The van der Waals surface area contributed by atoms with Crippen molar-refractivity contribution in [3.05, 3.63) is 16.8 Å². The molecule has 0 spiro atoms. The van der Waals surface area contributed by atoms with E-state index in [1.165, 1.54) is 35.1 Å². The first-order valence-electron chi connectivity index (χ1n) is 9.84. The Hall–Kier alpha value is -1.14. The van der Waals surface area contributed by atoms with E-state index >= 15 is 0 Å². The standard InChI is InChI=1S/C20H27N3OS2/c1-13-7-8-15-16(11-13)26-19-17(15)18(21-12-22-19)25-14(2)20(24)23-9-5-3-4-6-10-23/h12-14H,3-11H2,1-2H3/t13-,14+/m0/s1. The zero-order valence-electron chi connectivity index (χ0n) is 15.7. The van der Waals surface area contributed by atoms with Gasteiger partial charge in [0.15, 0.2) is 0 Å². The summed E-state index contributed by atoms with van der Waals surface area (Å²) in [6.45, 7) is 6.19. The van der Waals surface area contributed by atoms with Crippen molar-refractivity contribution in [1.29, 1.82) is 0 Å². The number of hydrogen-bond donors (Lipinski definition) is 0. The van der Waals surface area contributed by atoms with E-state index in [1.54, 1.807) is 18.1 Å². The molecule has 4 nitrogen and oxygen atoms in total. The topological polar surface area (TPSA) is 46.1 Å². The minimum Gasteiger partial charge on any atom is -0.342 e. The van der Waals surface area contributed by atoms with Gasteiger partial charge in [0, 0.05) is 23.4 Å². The molecule has 2 aromatic heterocycles. The molecular formula is C20H27N3OS2. The SMILES string of the molecule is C[C@H]1CCc2c(sc3ncnc(S[C@H](C)C(=O)N4CCCCCC4)c23)C1. The van der Waals surface area contributed by atoms with Crippen LogP contribution in [0.15, 0.2) is 11.4 Å². The molecule has 0 unspecified atom stereocenters. The number of aryl methyl sites for hydroxylation is 1. The summed E-state index contributed by atoms with van der Waals surface area (Å²) >= 11 is 3.45. The fourth-order valence-electron chi connectivity index (χ4n) is 4.10. The van der Waals surface area contributed by atoms with Crippen molar-refractivity contribution in [3.8, 4) is 0 Å². The molecule has 6 heteroatoms. The highest BCUT2D eigenvalue weighted by atomic mass is 32.2. The number of hydrogen-bond acceptors (Lipinski definition) is 5. The lowest BCUT2D eigenvalue weighted by Crippen LogP contribution is -2.37. The Bertz CT molecular complexity index is 796. The summed E-state index contributed by atoms with van der Waals surface area (Å²) in [4.78, 5) is 26.7. The molecular weight excluding hydrogens is 362 g/mol. The van der Waals surface area contributed by atoms with Crippen LogP contribution in [0.2, 0.25) is 0 Å². The maximum atomic E-state index is 12.9. The summed E-state index contributed by atoms with van der Waals surface area (Å²) in [5, 5.41) is 2.13. The van der Waals surface area contributed by atoms with Gasteiger partial charge in [-0.25, -0.2) is 9.97 Å². The number of thioether (sulfide) groups is 1. The van der Waals surface area contributed by atoms with Crippen LogP contribution in [0.4, 0.5) is 0 Å². The van der Waals surface area contributed by atoms with Crippen LogP contribution in [0.5, 0.6) is 0 Å². The van der Waals surface area contributed by atoms with Crippen LogP contribution in [0, 0.1) is 5.92 Å². The van der Waals surface area contributed by atoms with Gasteiger partial charge in [-0.3, -0.25) is 4.79 Å². The molecule has 2 aromatic rings. The summed E-state index contributed by atoms with van der Waals surface area (Å²) in [6, 6.07) is 0. The molecule has 3 heterocycles. The molecule has 1 aliphatic carbocycles. The number of aromatic nitrogens is 2. The predicted octanol–water partition coefficient (Wildman–Crippen LogP) is 4.70. The zero-order valence-corrected chi connectivity index (χ0v) is 17.3. The van der Waals surface area contributed by atoms with E-state index < -0.39 is 0 Å². The highest BCUT2D eigenvalue weighted by molar-refractivity contribution is 8.00. The Morgan fingerprint density at radius 3 is 2.81 bits per heavy atom. The summed E-state index contributed by atoms with van der Waals surface area (Å²) in [5.74, 6) is 1.02. The lowest BCUT2D eigenvalue weighted by molar-refractivity contribution is -0.130. The fourth-order valence-corrected chi connectivity index (χ4v) is 6.55. The summed E-state index contributed by atoms with van der Waals surface area (Å²) < 4.78 is 0. The third-order valence-electron chi connectivity index (χ3n) is 5.61. The second kappa shape index (κ2) is 7.85. The lowest BCUT2D eigenvalue weighted by Gasteiger charge is -2.24. The quantitative estimate of drug-likeness (QED) is 0.564. The van der Waals surface area contributed by atoms with Crippen LogP contribution in [0.25, 0.3) is 10.2 Å². The average Bonchev–Trinajstić information content (AvgIpc) is 2.80. The van der Waals surface area contributed by atoms with Gasteiger partial charge in [0.1, 0.15) is 16.2 Å². The monoisotopic (exact) mass is 389 g/mol. The molecule has 0 saturated carbocycles. The van der Waals surface area contributed by atoms with E-state index in [2.05, 4.69) is 21.8 Å². The first kappa shape index (κ1) is 18.2. The summed E-state index contributed by atoms with van der Waals surface area (Å²) in [5.41, 5.74) is 1.45. The third kappa shape index (κ3) is 3.63. The molecule has 2 atom stereocenters. The number of rotatable bonds is 3. The Balaban J connectivity index is 1.57. The van der Waals surface area contributed by atoms with E-state index in [-0.39, 0.29) is 11.2 Å². The van der Waals surface area contributed by atoms with Gasteiger partial charge in [-0.1, -0.05) is 31.5 Å². The van der Waals surface area contributed by atoms with Crippen molar-refractivity contribution >= 4 is 39.2 Å². The molecule has 1 aliphatic heterocycles. The first-order valence-corrected chi connectivity index (χ1v) is 11.5. The van der Waals surface area contributed by atoms with Gasteiger partial charge in [0.25, 0.3) is 0 Å². The second-order valence-corrected chi connectivity index (χ2v) is 10.1. The largest absolute Gasteiger partial charge is 0.342 e. The molecule has 1 saturated heterocycles. The van der Waals surface area contributed by atoms with Gasteiger partial charge in [0.05, 0.1) is 5.25 Å². The van der Waals surface area contributed by atoms with E-state index in [0.29, 0.717) is 0 Å². The maximum absolute atomic E-state index is 12.9. The van der Waals surface area contributed by atoms with E-state index in [0.717, 1.165) is 54.5 Å². The predicted molar refractivity (Wildman–Crippen MR) is 109 cm³/mol. The second-order valence-electron chi connectivity index (χ2n) is 7.71. The minimum absolute atomic E-state index is 0.0933. The number of fused-ring (bicyclic) bond motifs is 3. The van der Waals surface area contributed by atoms with Gasteiger partial charge in [0.2, 0.25) is 5.91 Å². The Kier molecular flexibility index (Phi) is 5.50. The van der Waals surface area contributed by atoms with Gasteiger partial charge < -0.3 is 4.90 Å². The number of carbonyl (C=O) groups excluding carboxylic acids is 1. The van der Waals surface area contributed by atoms with Crippen LogP contribution in [0.3, 0.4) is 0 Å². The highest BCUT2D eigenvalue weighted by Crippen LogP contribution is 2.41. The molecule has 1 fully saturated rings. The maximum Gasteiger partial charge on any atom is 0.235 e. The molecule has 0 N–H and O–H groups in total. The first-order chi connectivity index (χ1) is 12.6. The van der Waals surface area contributed by atoms with Crippen molar-refractivity contribution in [3.63, 3.8) is 0 Å². The molecule has 0 aromatic carbocycles. The summed E-state index contributed by atoms with van der Waals surface area (Å²) in [7, 11) is 0. The zero-order chi connectivity index (χ0) is 18.1. The number of nitrogens with zero attached hydrogens (tertiary/aromatic N) is 3. The summed E-state index contributed by atoms with van der Waals surface area (Å²) in [6.07, 6.45) is 9.94. The van der Waals surface area contributed by atoms with E-state index in [1.807, 2.05) is 18.3 Å². The van der Waals surface area contributed by atoms with Crippen LogP contribution < -0.4 is 0 Å². The number of carbonyl (C=O) groups is 1. The molecule has 4 rings (SSSR count). The highest BCUT2D eigenvalue weighted by Gasteiger charge is 2.27. The third-order valence-corrected chi connectivity index (χ3v) is 7.86. The van der Waals surface area contributed by atoms with Gasteiger partial charge >= 0.3 is 0 Å². The minimum atomic E-state index is -0.0933. The van der Waals surface area contributed by atoms with Crippen molar-refractivity contribution in [2.24, 2.45) is 5.92 Å². The number of likely N-dealkylation sites (tertiary alicyclic amines) is 1. The number of amides is 1. The Labute approximate surface area is 163 Å². The molecule has 0 bridgehead atoms.